The van der Waals surface area contributed by atoms with Crippen molar-refractivity contribution in [3.63, 3.8) is 0 Å². The second-order valence-electron chi connectivity index (χ2n) is 6.53. The number of carbonyl (C=O) groups is 2. The maximum Gasteiger partial charge on any atom is 0.262 e. The Morgan fingerprint density at radius 3 is 2.43 bits per heavy atom. The largest absolute Gasteiger partial charge is 0.506 e. The van der Waals surface area contributed by atoms with Crippen LogP contribution in [0.5, 0.6) is 5.75 Å². The van der Waals surface area contributed by atoms with Crippen LogP contribution in [0.1, 0.15) is 35.0 Å². The summed E-state index contributed by atoms with van der Waals surface area (Å²) in [6, 6.07) is 9.65. The van der Waals surface area contributed by atoms with Crippen molar-refractivity contribution in [1.82, 2.24) is 9.88 Å². The van der Waals surface area contributed by atoms with Gasteiger partial charge >= 0.3 is 0 Å². The van der Waals surface area contributed by atoms with E-state index in [4.69, 9.17) is 23.2 Å². The fourth-order valence-corrected chi connectivity index (χ4v) is 3.61. The number of halogens is 2. The number of carbonyl (C=O) groups excluding carboxylic acids is 2. The van der Waals surface area contributed by atoms with Crippen molar-refractivity contribution >= 4 is 45.9 Å². The molecule has 0 aliphatic heterocycles. The zero-order chi connectivity index (χ0) is 20.4. The lowest BCUT2D eigenvalue weighted by Gasteiger charge is -2.08. The van der Waals surface area contributed by atoms with Gasteiger partial charge in [0.05, 0.1) is 17.0 Å². The number of nitrogens with zero attached hydrogens (tertiary/aromatic N) is 1. The van der Waals surface area contributed by atoms with Crippen LogP contribution in [0.3, 0.4) is 0 Å². The smallest absolute Gasteiger partial charge is 0.262 e. The van der Waals surface area contributed by atoms with Gasteiger partial charge in [-0.2, -0.15) is 0 Å². The summed E-state index contributed by atoms with van der Waals surface area (Å²) in [5.41, 5.74) is 2.22. The molecule has 0 atom stereocenters. The lowest BCUT2D eigenvalue weighted by molar-refractivity contribution is -0.120. The number of nitrogens with one attached hydrogen (secondary N) is 1. The molecular formula is C21H20Cl2N2O3. The van der Waals surface area contributed by atoms with Gasteiger partial charge in [0.1, 0.15) is 5.75 Å². The highest BCUT2D eigenvalue weighted by atomic mass is 35.5. The summed E-state index contributed by atoms with van der Waals surface area (Å²) in [5, 5.41) is 14.1. The van der Waals surface area contributed by atoms with Gasteiger partial charge in [-0.05, 0) is 55.3 Å². The monoisotopic (exact) mass is 418 g/mol. The fourth-order valence-electron chi connectivity index (χ4n) is 3.21. The van der Waals surface area contributed by atoms with E-state index in [9.17, 15) is 14.7 Å². The summed E-state index contributed by atoms with van der Waals surface area (Å²) < 4.78 is 1.52. The van der Waals surface area contributed by atoms with Gasteiger partial charge in [-0.15, -0.1) is 0 Å². The molecule has 2 N–H and O–H groups in total. The Hall–Kier alpha value is -2.50. The first kappa shape index (κ1) is 20.2. The Morgan fingerprint density at radius 1 is 1.11 bits per heavy atom. The standard InChI is InChI=1S/C21H20Cl2N2O3/c1-3-10-24-18(27)11-15-12(2)25(16-8-9-17(26)20(23)19(15)16)21(28)13-4-6-14(22)7-5-13/h4-9,26H,3,10-11H2,1-2H3,(H,24,27). The number of rotatable bonds is 5. The van der Waals surface area contributed by atoms with Crippen molar-refractivity contribution in [2.24, 2.45) is 0 Å². The van der Waals surface area contributed by atoms with Crippen LogP contribution in [-0.4, -0.2) is 28.0 Å². The van der Waals surface area contributed by atoms with Gasteiger partial charge in [0.25, 0.3) is 5.91 Å². The number of aromatic hydroxyl groups is 1. The van der Waals surface area contributed by atoms with Crippen LogP contribution < -0.4 is 5.32 Å². The highest BCUT2D eigenvalue weighted by Gasteiger charge is 2.24. The van der Waals surface area contributed by atoms with E-state index in [1.807, 2.05) is 6.92 Å². The SMILES string of the molecule is CCCNC(=O)Cc1c(C)n(C(=O)c2ccc(Cl)cc2)c2ccc(O)c(Cl)c12. The first-order valence-electron chi connectivity index (χ1n) is 8.93. The van der Waals surface area contributed by atoms with E-state index >= 15 is 0 Å². The van der Waals surface area contributed by atoms with Gasteiger partial charge in [-0.25, -0.2) is 0 Å². The Labute approximate surface area is 172 Å². The molecule has 0 radical (unpaired) electrons. The van der Waals surface area contributed by atoms with Crippen LogP contribution in [-0.2, 0) is 11.2 Å². The van der Waals surface area contributed by atoms with E-state index in [2.05, 4.69) is 5.32 Å². The number of hydrogen-bond donors (Lipinski definition) is 2. The van der Waals surface area contributed by atoms with Crippen LogP contribution >= 0.6 is 23.2 Å². The molecular weight excluding hydrogens is 399 g/mol. The van der Waals surface area contributed by atoms with E-state index in [0.29, 0.717) is 39.3 Å². The summed E-state index contributed by atoms with van der Waals surface area (Å²) in [4.78, 5) is 25.5. The van der Waals surface area contributed by atoms with Crippen LogP contribution in [0.4, 0.5) is 0 Å². The Morgan fingerprint density at radius 2 is 1.79 bits per heavy atom. The van der Waals surface area contributed by atoms with Crippen molar-refractivity contribution in [3.8, 4) is 5.75 Å². The molecule has 0 saturated heterocycles. The molecule has 0 aliphatic rings. The van der Waals surface area contributed by atoms with Gasteiger partial charge < -0.3 is 10.4 Å². The van der Waals surface area contributed by atoms with Gasteiger partial charge in [0.15, 0.2) is 0 Å². The Balaban J connectivity index is 2.17. The Bertz CT molecular complexity index is 1060. The van der Waals surface area contributed by atoms with Crippen LogP contribution in [0, 0.1) is 6.92 Å². The third-order valence-electron chi connectivity index (χ3n) is 4.62. The predicted molar refractivity (Wildman–Crippen MR) is 112 cm³/mol. The molecule has 28 heavy (non-hydrogen) atoms. The van der Waals surface area contributed by atoms with Crippen molar-refractivity contribution < 1.29 is 14.7 Å². The van der Waals surface area contributed by atoms with Crippen molar-refractivity contribution in [3.05, 3.63) is 63.3 Å². The molecule has 1 aromatic heterocycles. The normalized spacial score (nSPS) is 11.0. The number of benzene rings is 2. The highest BCUT2D eigenvalue weighted by molar-refractivity contribution is 6.37. The van der Waals surface area contributed by atoms with Crippen molar-refractivity contribution in [2.45, 2.75) is 26.7 Å². The average molecular weight is 419 g/mol. The zero-order valence-electron chi connectivity index (χ0n) is 15.6. The minimum Gasteiger partial charge on any atom is -0.506 e. The number of fused-ring (bicyclic) bond motifs is 1. The van der Waals surface area contributed by atoms with Gasteiger partial charge in [-0.3, -0.25) is 14.2 Å². The van der Waals surface area contributed by atoms with E-state index in [0.717, 1.165) is 6.42 Å². The molecule has 3 aromatic rings. The Kier molecular flexibility index (Phi) is 5.96. The van der Waals surface area contributed by atoms with Gasteiger partial charge in [0, 0.05) is 28.2 Å². The molecule has 5 nitrogen and oxygen atoms in total. The first-order chi connectivity index (χ1) is 13.3. The average Bonchev–Trinajstić information content (AvgIpc) is 2.95. The quantitative estimate of drug-likeness (QED) is 0.629. The minimum atomic E-state index is -0.263. The van der Waals surface area contributed by atoms with E-state index in [1.54, 1.807) is 37.3 Å². The molecule has 2 aromatic carbocycles. The van der Waals surface area contributed by atoms with Crippen LogP contribution in [0.25, 0.3) is 10.9 Å². The van der Waals surface area contributed by atoms with E-state index in [1.165, 1.54) is 10.6 Å². The number of phenols is 1. The maximum absolute atomic E-state index is 13.2. The number of aromatic nitrogens is 1. The molecule has 1 amide bonds. The molecule has 1 heterocycles. The lowest BCUT2D eigenvalue weighted by atomic mass is 10.1. The molecule has 3 rings (SSSR count). The summed E-state index contributed by atoms with van der Waals surface area (Å²) >= 11 is 12.3. The predicted octanol–water partition coefficient (Wildman–Crippen LogP) is 4.72. The number of amides is 1. The fraction of sp³-hybridized carbons (Fsp3) is 0.238. The van der Waals surface area contributed by atoms with Crippen molar-refractivity contribution in [1.29, 1.82) is 0 Å². The summed E-state index contributed by atoms with van der Waals surface area (Å²) in [5.74, 6) is -0.524. The van der Waals surface area contributed by atoms with E-state index in [-0.39, 0.29) is 29.0 Å². The third kappa shape index (κ3) is 3.73. The second kappa shape index (κ2) is 8.25. The summed E-state index contributed by atoms with van der Waals surface area (Å²) in [7, 11) is 0. The molecule has 146 valence electrons. The number of hydrogen-bond acceptors (Lipinski definition) is 3. The molecule has 0 bridgehead atoms. The van der Waals surface area contributed by atoms with Gasteiger partial charge in [-0.1, -0.05) is 30.1 Å². The van der Waals surface area contributed by atoms with Gasteiger partial charge in [0.2, 0.25) is 5.91 Å². The molecule has 0 saturated carbocycles. The topological polar surface area (TPSA) is 71.3 Å². The van der Waals surface area contributed by atoms with Crippen LogP contribution in [0.15, 0.2) is 36.4 Å². The molecule has 7 heteroatoms. The zero-order valence-corrected chi connectivity index (χ0v) is 17.1. The summed E-state index contributed by atoms with van der Waals surface area (Å²) in [6.45, 7) is 4.31. The lowest BCUT2D eigenvalue weighted by Crippen LogP contribution is -2.26. The van der Waals surface area contributed by atoms with Crippen LogP contribution in [0.2, 0.25) is 10.0 Å². The molecule has 0 unspecified atom stereocenters. The minimum absolute atomic E-state index is 0.0619. The number of phenolic OH excluding ortho intramolecular Hbond substituents is 1. The molecule has 0 spiro atoms. The molecule has 0 fully saturated rings. The molecule has 0 aliphatic carbocycles. The second-order valence-corrected chi connectivity index (χ2v) is 7.35. The third-order valence-corrected chi connectivity index (χ3v) is 5.25. The van der Waals surface area contributed by atoms with Crippen molar-refractivity contribution in [2.75, 3.05) is 6.54 Å². The maximum atomic E-state index is 13.2. The van der Waals surface area contributed by atoms with E-state index < -0.39 is 0 Å². The first-order valence-corrected chi connectivity index (χ1v) is 9.69. The highest BCUT2D eigenvalue weighted by Crippen LogP contribution is 2.38. The summed E-state index contributed by atoms with van der Waals surface area (Å²) in [6.07, 6.45) is 0.884.